The summed E-state index contributed by atoms with van der Waals surface area (Å²) in [7, 11) is 0. The molecule has 0 aliphatic heterocycles. The SMILES string of the molecule is O=C(N/N=C1/C(=N\O)C(=O)C2CCCCC12)Nc1ccccc1. The van der Waals surface area contributed by atoms with Crippen LogP contribution in [-0.4, -0.2) is 28.4 Å². The number of hydrogen-bond donors (Lipinski definition) is 3. The van der Waals surface area contributed by atoms with Gasteiger partial charge in [-0.25, -0.2) is 10.2 Å². The highest BCUT2D eigenvalue weighted by molar-refractivity contribution is 6.71. The second-order valence-electron chi connectivity index (χ2n) is 5.74. The average molecular weight is 314 g/mol. The van der Waals surface area contributed by atoms with Crippen molar-refractivity contribution in [3.63, 3.8) is 0 Å². The monoisotopic (exact) mass is 314 g/mol. The smallest absolute Gasteiger partial charge is 0.339 e. The number of carbonyl (C=O) groups excluding carboxylic acids is 2. The van der Waals surface area contributed by atoms with E-state index >= 15 is 0 Å². The molecule has 3 N–H and O–H groups in total. The summed E-state index contributed by atoms with van der Waals surface area (Å²) in [5.41, 5.74) is 3.38. The number of nitrogens with zero attached hydrogens (tertiary/aromatic N) is 2. The number of hydrogen-bond acceptors (Lipinski definition) is 5. The average Bonchev–Trinajstić information content (AvgIpc) is 2.86. The topological polar surface area (TPSA) is 103 Å². The van der Waals surface area contributed by atoms with Crippen LogP contribution in [0.4, 0.5) is 10.5 Å². The van der Waals surface area contributed by atoms with E-state index in [0.29, 0.717) is 11.4 Å². The zero-order valence-corrected chi connectivity index (χ0v) is 12.5. The highest BCUT2D eigenvalue weighted by atomic mass is 16.4. The van der Waals surface area contributed by atoms with Crippen LogP contribution in [-0.2, 0) is 4.79 Å². The van der Waals surface area contributed by atoms with E-state index in [9.17, 15) is 9.59 Å². The molecule has 3 rings (SSSR count). The zero-order chi connectivity index (χ0) is 16.2. The fourth-order valence-corrected chi connectivity index (χ4v) is 3.28. The summed E-state index contributed by atoms with van der Waals surface area (Å²) in [6, 6.07) is 8.46. The second kappa shape index (κ2) is 6.60. The number of carbonyl (C=O) groups is 2. The van der Waals surface area contributed by atoms with Crippen LogP contribution < -0.4 is 10.7 Å². The third-order valence-corrected chi connectivity index (χ3v) is 4.34. The number of benzene rings is 1. The Bertz CT molecular complexity index is 669. The number of hydrazone groups is 1. The van der Waals surface area contributed by atoms with Crippen LogP contribution in [0.15, 0.2) is 40.6 Å². The Morgan fingerprint density at radius 2 is 1.83 bits per heavy atom. The number of rotatable bonds is 2. The van der Waals surface area contributed by atoms with E-state index in [1.807, 2.05) is 6.07 Å². The number of anilines is 1. The van der Waals surface area contributed by atoms with Gasteiger partial charge in [-0.3, -0.25) is 4.79 Å². The van der Waals surface area contributed by atoms with Gasteiger partial charge in [0.05, 0.1) is 5.71 Å². The summed E-state index contributed by atoms with van der Waals surface area (Å²) in [6.07, 6.45) is 3.58. The van der Waals surface area contributed by atoms with Crippen LogP contribution in [0.3, 0.4) is 0 Å². The molecule has 1 aromatic carbocycles. The fourth-order valence-electron chi connectivity index (χ4n) is 3.28. The van der Waals surface area contributed by atoms with Crippen molar-refractivity contribution in [3.8, 4) is 0 Å². The number of para-hydroxylation sites is 1. The molecular formula is C16H18N4O3. The van der Waals surface area contributed by atoms with Crippen LogP contribution in [0.1, 0.15) is 25.7 Å². The van der Waals surface area contributed by atoms with Crippen molar-refractivity contribution in [2.75, 3.05) is 5.32 Å². The Balaban J connectivity index is 1.72. The second-order valence-corrected chi connectivity index (χ2v) is 5.74. The number of urea groups is 1. The lowest BCUT2D eigenvalue weighted by Crippen LogP contribution is -2.29. The highest BCUT2D eigenvalue weighted by Crippen LogP contribution is 2.37. The first-order valence-corrected chi connectivity index (χ1v) is 7.67. The highest BCUT2D eigenvalue weighted by Gasteiger charge is 2.46. The molecule has 1 aromatic rings. The van der Waals surface area contributed by atoms with E-state index < -0.39 is 6.03 Å². The number of amides is 2. The van der Waals surface area contributed by atoms with Crippen LogP contribution in [0, 0.1) is 11.8 Å². The maximum atomic E-state index is 12.2. The maximum Gasteiger partial charge on any atom is 0.339 e. The van der Waals surface area contributed by atoms with Crippen molar-refractivity contribution in [1.29, 1.82) is 0 Å². The number of Topliss-reactive ketones (excluding diaryl/α,β-unsaturated/α-hetero) is 1. The quantitative estimate of drug-likeness (QED) is 0.576. The molecule has 0 radical (unpaired) electrons. The molecule has 7 heteroatoms. The van der Waals surface area contributed by atoms with Crippen LogP contribution in [0.25, 0.3) is 0 Å². The van der Waals surface area contributed by atoms with Gasteiger partial charge in [0.1, 0.15) is 0 Å². The van der Waals surface area contributed by atoms with E-state index in [1.165, 1.54) is 0 Å². The van der Waals surface area contributed by atoms with Crippen molar-refractivity contribution < 1.29 is 14.8 Å². The largest absolute Gasteiger partial charge is 0.410 e. The molecule has 7 nitrogen and oxygen atoms in total. The Hall–Kier alpha value is -2.70. The normalized spacial score (nSPS) is 27.0. The van der Waals surface area contributed by atoms with E-state index in [1.54, 1.807) is 24.3 Å². The first-order chi connectivity index (χ1) is 11.2. The van der Waals surface area contributed by atoms with Crippen molar-refractivity contribution in [2.24, 2.45) is 22.1 Å². The summed E-state index contributed by atoms with van der Waals surface area (Å²) >= 11 is 0. The van der Waals surface area contributed by atoms with E-state index in [-0.39, 0.29) is 23.3 Å². The molecule has 2 aliphatic carbocycles. The van der Waals surface area contributed by atoms with E-state index in [0.717, 1.165) is 25.7 Å². The molecule has 2 amide bonds. The molecule has 120 valence electrons. The third kappa shape index (κ3) is 3.08. The zero-order valence-electron chi connectivity index (χ0n) is 12.5. The summed E-state index contributed by atoms with van der Waals surface area (Å²) in [4.78, 5) is 24.1. The molecule has 2 aliphatic rings. The lowest BCUT2D eigenvalue weighted by Gasteiger charge is -2.22. The molecule has 23 heavy (non-hydrogen) atoms. The van der Waals surface area contributed by atoms with Gasteiger partial charge in [-0.2, -0.15) is 5.10 Å². The van der Waals surface area contributed by atoms with Crippen molar-refractivity contribution in [3.05, 3.63) is 30.3 Å². The standard InChI is InChI=1S/C16H18N4O3/c21-15-12-9-5-4-8-11(12)13(14(15)20-23)18-19-16(22)17-10-6-2-1-3-7-10/h1-3,6-7,11-12,23H,4-5,8-9H2,(H2,17,19,22)/b18-13+,20-14+. The Labute approximate surface area is 133 Å². The van der Waals surface area contributed by atoms with Crippen LogP contribution in [0.2, 0.25) is 0 Å². The van der Waals surface area contributed by atoms with Gasteiger partial charge in [0, 0.05) is 17.5 Å². The molecule has 0 spiro atoms. The molecule has 2 atom stereocenters. The molecule has 0 saturated heterocycles. The van der Waals surface area contributed by atoms with E-state index in [4.69, 9.17) is 5.21 Å². The van der Waals surface area contributed by atoms with Gasteiger partial charge in [-0.05, 0) is 25.0 Å². The van der Waals surface area contributed by atoms with Gasteiger partial charge in [0.2, 0.25) is 0 Å². The summed E-state index contributed by atoms with van der Waals surface area (Å²) < 4.78 is 0. The molecule has 2 saturated carbocycles. The van der Waals surface area contributed by atoms with Crippen LogP contribution in [0.5, 0.6) is 0 Å². The Morgan fingerprint density at radius 1 is 1.13 bits per heavy atom. The third-order valence-electron chi connectivity index (χ3n) is 4.34. The minimum atomic E-state index is -0.507. The molecule has 2 fully saturated rings. The van der Waals surface area contributed by atoms with Gasteiger partial charge in [0.15, 0.2) is 11.5 Å². The first kappa shape index (κ1) is 15.2. The predicted molar refractivity (Wildman–Crippen MR) is 85.7 cm³/mol. The molecule has 0 bridgehead atoms. The lowest BCUT2D eigenvalue weighted by molar-refractivity contribution is -0.117. The number of fused-ring (bicyclic) bond motifs is 1. The molecule has 0 aromatic heterocycles. The van der Waals surface area contributed by atoms with Gasteiger partial charge >= 0.3 is 6.03 Å². The van der Waals surface area contributed by atoms with Crippen molar-refractivity contribution in [1.82, 2.24) is 5.43 Å². The maximum absolute atomic E-state index is 12.2. The Kier molecular flexibility index (Phi) is 4.36. The van der Waals surface area contributed by atoms with Crippen molar-refractivity contribution in [2.45, 2.75) is 25.7 Å². The number of ketones is 1. The van der Waals surface area contributed by atoms with Crippen molar-refractivity contribution >= 4 is 28.9 Å². The minimum Gasteiger partial charge on any atom is -0.410 e. The molecule has 2 unspecified atom stereocenters. The lowest BCUT2D eigenvalue weighted by atomic mass is 9.81. The fraction of sp³-hybridized carbons (Fsp3) is 0.375. The summed E-state index contributed by atoms with van der Waals surface area (Å²) in [5.74, 6) is -0.423. The summed E-state index contributed by atoms with van der Waals surface area (Å²) in [5, 5.41) is 18.9. The predicted octanol–water partition coefficient (Wildman–Crippen LogP) is 2.38. The van der Waals surface area contributed by atoms with E-state index in [2.05, 4.69) is 21.0 Å². The van der Waals surface area contributed by atoms with Gasteiger partial charge in [-0.15, -0.1) is 0 Å². The van der Waals surface area contributed by atoms with Gasteiger partial charge < -0.3 is 10.5 Å². The van der Waals surface area contributed by atoms with Gasteiger partial charge in [-0.1, -0.05) is 36.2 Å². The van der Waals surface area contributed by atoms with Crippen LogP contribution >= 0.6 is 0 Å². The number of oxime groups is 1. The van der Waals surface area contributed by atoms with Gasteiger partial charge in [0.25, 0.3) is 0 Å². The molecule has 0 heterocycles. The Morgan fingerprint density at radius 3 is 2.52 bits per heavy atom. The first-order valence-electron chi connectivity index (χ1n) is 7.67. The molecular weight excluding hydrogens is 296 g/mol. The minimum absolute atomic E-state index is 0.0260. The summed E-state index contributed by atoms with van der Waals surface area (Å²) in [6.45, 7) is 0. The number of nitrogens with one attached hydrogen (secondary N) is 2.